The van der Waals surface area contributed by atoms with Crippen LogP contribution in [0.15, 0.2) is 53.4 Å². The van der Waals surface area contributed by atoms with Gasteiger partial charge in [-0.05, 0) is 61.6 Å². The lowest BCUT2D eigenvalue weighted by molar-refractivity contribution is -0.142. The number of hydrogen-bond acceptors (Lipinski definition) is 8. The quantitative estimate of drug-likeness (QED) is 0.108. The van der Waals surface area contributed by atoms with E-state index in [0.29, 0.717) is 30.5 Å². The van der Waals surface area contributed by atoms with Crippen LogP contribution < -0.4 is 21.7 Å². The molecule has 248 valence electrons. The lowest BCUT2D eigenvalue weighted by atomic mass is 10.0. The highest BCUT2D eigenvalue weighted by Crippen LogP contribution is 2.26. The molecule has 1 aliphatic rings. The summed E-state index contributed by atoms with van der Waals surface area (Å²) < 4.78 is 27.3. The van der Waals surface area contributed by atoms with Crippen molar-refractivity contribution >= 4 is 51.0 Å². The molecule has 14 nitrogen and oxygen atoms in total. The molecule has 3 amide bonds. The van der Waals surface area contributed by atoms with E-state index in [1.165, 1.54) is 24.3 Å². The molecule has 1 saturated heterocycles. The van der Waals surface area contributed by atoms with Gasteiger partial charge in [0.25, 0.3) is 5.91 Å². The molecule has 1 aliphatic heterocycles. The molecule has 2 aromatic carbocycles. The summed E-state index contributed by atoms with van der Waals surface area (Å²) in [6.45, 7) is 1.63. The number of nitrogens with one attached hydrogen (secondary N) is 4. The number of amides is 3. The standard InChI is InChI=1S/C31H40N6O8S/c1-2-3-11-28(39)35-22-16-20(17-27(32)33)15-21(18-22)29(40)34-19-23(38)12-13-25(31(42)43)36-30(41)26-10-7-14-37(26)46(44,45)24-8-5-4-6-9-24/h4-6,8-9,15-16,18,25-26H,2-3,7,10-14,17,19H2,1H3,(H3,32,33)(H,34,40)(H,35,39)(H,36,41)(H,42,43). The highest BCUT2D eigenvalue weighted by Gasteiger charge is 2.40. The number of carbonyl (C=O) groups excluding carboxylic acids is 4. The maximum Gasteiger partial charge on any atom is 0.326 e. The number of aliphatic carboxylic acids is 1. The Labute approximate surface area is 267 Å². The average molecular weight is 657 g/mol. The van der Waals surface area contributed by atoms with Crippen LogP contribution in [-0.2, 0) is 35.6 Å². The molecule has 3 rings (SSSR count). The van der Waals surface area contributed by atoms with E-state index in [-0.39, 0.29) is 54.4 Å². The molecule has 0 aliphatic carbocycles. The Kier molecular flexibility index (Phi) is 12.9. The minimum atomic E-state index is -3.98. The summed E-state index contributed by atoms with van der Waals surface area (Å²) in [5.74, 6) is -3.68. The fourth-order valence-corrected chi connectivity index (χ4v) is 6.67. The predicted molar refractivity (Wildman–Crippen MR) is 170 cm³/mol. The number of carboxylic acid groups (broad SMARTS) is 1. The number of anilines is 1. The number of rotatable bonds is 17. The van der Waals surface area contributed by atoms with Crippen molar-refractivity contribution in [3.05, 3.63) is 59.7 Å². The summed E-state index contributed by atoms with van der Waals surface area (Å²) in [6.07, 6.45) is 1.92. The fraction of sp³-hybridized carbons (Fsp3) is 0.419. The van der Waals surface area contributed by atoms with Crippen molar-refractivity contribution in [2.24, 2.45) is 5.73 Å². The van der Waals surface area contributed by atoms with Gasteiger partial charge in [0.15, 0.2) is 5.78 Å². The zero-order valence-corrected chi connectivity index (χ0v) is 26.4. The molecule has 1 fully saturated rings. The van der Waals surface area contributed by atoms with Gasteiger partial charge in [-0.15, -0.1) is 0 Å². The van der Waals surface area contributed by atoms with Gasteiger partial charge < -0.3 is 26.8 Å². The predicted octanol–water partition coefficient (Wildman–Crippen LogP) is 1.80. The summed E-state index contributed by atoms with van der Waals surface area (Å²) >= 11 is 0. The number of nitrogens with two attached hydrogens (primary N) is 1. The molecule has 2 atom stereocenters. The third-order valence-electron chi connectivity index (χ3n) is 7.32. The van der Waals surface area contributed by atoms with Gasteiger partial charge in [0.05, 0.1) is 17.3 Å². The lowest BCUT2D eigenvalue weighted by Crippen LogP contribution is -2.51. The second-order valence-electron chi connectivity index (χ2n) is 11.0. The van der Waals surface area contributed by atoms with Crippen LogP contribution in [-0.4, -0.2) is 78.3 Å². The molecule has 0 saturated carbocycles. The molecule has 15 heteroatoms. The molecule has 1 heterocycles. The van der Waals surface area contributed by atoms with Crippen LogP contribution >= 0.6 is 0 Å². The van der Waals surface area contributed by atoms with E-state index >= 15 is 0 Å². The van der Waals surface area contributed by atoms with E-state index in [0.717, 1.165) is 10.7 Å². The van der Waals surface area contributed by atoms with E-state index in [2.05, 4.69) is 16.0 Å². The summed E-state index contributed by atoms with van der Waals surface area (Å²) in [4.78, 5) is 62.7. The van der Waals surface area contributed by atoms with Crippen LogP contribution in [0.5, 0.6) is 0 Å². The molecule has 46 heavy (non-hydrogen) atoms. The summed E-state index contributed by atoms with van der Waals surface area (Å²) in [5, 5.41) is 24.8. The summed E-state index contributed by atoms with van der Waals surface area (Å²) in [6, 6.07) is 9.61. The first-order valence-corrected chi connectivity index (χ1v) is 16.4. The van der Waals surface area contributed by atoms with Crippen molar-refractivity contribution in [3.8, 4) is 0 Å². The van der Waals surface area contributed by atoms with Crippen LogP contribution in [0.3, 0.4) is 0 Å². The topological polar surface area (TPSA) is 229 Å². The van der Waals surface area contributed by atoms with Gasteiger partial charge in [0, 0.05) is 37.1 Å². The molecule has 0 aromatic heterocycles. The van der Waals surface area contributed by atoms with E-state index in [4.69, 9.17) is 11.1 Å². The molecule has 0 bridgehead atoms. The minimum Gasteiger partial charge on any atom is -0.480 e. The first kappa shape index (κ1) is 35.8. The Morgan fingerprint density at radius 1 is 1.09 bits per heavy atom. The number of ketones is 1. The molecule has 0 radical (unpaired) electrons. The SMILES string of the molecule is CCCCC(=O)Nc1cc(CC(=N)N)cc(C(=O)NCC(=O)CCC(NC(=O)C2CCCN2S(=O)(=O)c2ccccc2)C(=O)O)c1. The van der Waals surface area contributed by atoms with Crippen LogP contribution in [0.1, 0.15) is 67.8 Å². The first-order valence-electron chi connectivity index (χ1n) is 15.0. The van der Waals surface area contributed by atoms with E-state index in [1.807, 2.05) is 6.92 Å². The Balaban J connectivity index is 1.58. The largest absolute Gasteiger partial charge is 0.480 e. The summed E-state index contributed by atoms with van der Waals surface area (Å²) in [7, 11) is -3.98. The number of carbonyl (C=O) groups is 5. The smallest absolute Gasteiger partial charge is 0.326 e. The number of Topliss-reactive ketones (excluding diaryl/α,β-unsaturated/α-hetero) is 1. The zero-order valence-electron chi connectivity index (χ0n) is 25.6. The minimum absolute atomic E-state index is 0.0238. The van der Waals surface area contributed by atoms with Gasteiger partial charge in [-0.1, -0.05) is 31.5 Å². The molecule has 0 spiro atoms. The molecule has 2 aromatic rings. The van der Waals surface area contributed by atoms with E-state index < -0.39 is 52.2 Å². The van der Waals surface area contributed by atoms with Crippen molar-refractivity contribution in [1.82, 2.24) is 14.9 Å². The van der Waals surface area contributed by atoms with Crippen molar-refractivity contribution in [2.45, 2.75) is 75.3 Å². The van der Waals surface area contributed by atoms with Gasteiger partial charge in [0.2, 0.25) is 21.8 Å². The van der Waals surface area contributed by atoms with E-state index in [9.17, 15) is 37.5 Å². The Bertz CT molecular complexity index is 1560. The average Bonchev–Trinajstić information content (AvgIpc) is 3.52. The number of sulfonamides is 1. The maximum absolute atomic E-state index is 13.1. The van der Waals surface area contributed by atoms with Crippen LogP contribution in [0.4, 0.5) is 5.69 Å². The van der Waals surface area contributed by atoms with Crippen molar-refractivity contribution in [2.75, 3.05) is 18.4 Å². The van der Waals surface area contributed by atoms with Crippen LogP contribution in [0, 0.1) is 5.41 Å². The zero-order chi connectivity index (χ0) is 33.9. The maximum atomic E-state index is 13.1. The number of carboxylic acids is 1. The van der Waals surface area contributed by atoms with Gasteiger partial charge in [-0.25, -0.2) is 13.2 Å². The second kappa shape index (κ2) is 16.6. The Hall–Kier alpha value is -4.63. The number of benzene rings is 2. The number of amidine groups is 1. The number of hydrogen-bond donors (Lipinski definition) is 6. The highest BCUT2D eigenvalue weighted by molar-refractivity contribution is 7.89. The van der Waals surface area contributed by atoms with Gasteiger partial charge >= 0.3 is 5.97 Å². The van der Waals surface area contributed by atoms with Gasteiger partial charge in [-0.3, -0.25) is 24.6 Å². The van der Waals surface area contributed by atoms with Gasteiger partial charge in [0.1, 0.15) is 12.1 Å². The number of unbranched alkanes of at least 4 members (excludes halogenated alkanes) is 1. The van der Waals surface area contributed by atoms with Crippen molar-refractivity contribution in [3.63, 3.8) is 0 Å². The van der Waals surface area contributed by atoms with E-state index in [1.54, 1.807) is 24.3 Å². The summed E-state index contributed by atoms with van der Waals surface area (Å²) in [5.41, 5.74) is 6.49. The monoisotopic (exact) mass is 656 g/mol. The van der Waals surface area contributed by atoms with Crippen molar-refractivity contribution < 1.29 is 37.5 Å². The van der Waals surface area contributed by atoms with Crippen molar-refractivity contribution in [1.29, 1.82) is 5.41 Å². The fourth-order valence-electron chi connectivity index (χ4n) is 5.00. The highest BCUT2D eigenvalue weighted by atomic mass is 32.2. The first-order chi connectivity index (χ1) is 21.8. The lowest BCUT2D eigenvalue weighted by Gasteiger charge is -2.25. The molecule has 7 N–H and O–H groups in total. The number of nitrogens with zero attached hydrogens (tertiary/aromatic N) is 1. The Morgan fingerprint density at radius 2 is 1.80 bits per heavy atom. The van der Waals surface area contributed by atoms with Crippen LogP contribution in [0.2, 0.25) is 0 Å². The normalized spacial score (nSPS) is 15.5. The van der Waals surface area contributed by atoms with Crippen LogP contribution in [0.25, 0.3) is 0 Å². The third kappa shape index (κ3) is 10.2. The Morgan fingerprint density at radius 3 is 2.46 bits per heavy atom. The molecular formula is C31H40N6O8S. The molecular weight excluding hydrogens is 616 g/mol. The second-order valence-corrected chi connectivity index (χ2v) is 12.9. The van der Waals surface area contributed by atoms with Gasteiger partial charge in [-0.2, -0.15) is 4.31 Å². The molecule has 2 unspecified atom stereocenters. The third-order valence-corrected chi connectivity index (χ3v) is 9.24.